The summed E-state index contributed by atoms with van der Waals surface area (Å²) >= 11 is 0. The van der Waals surface area contributed by atoms with E-state index in [0.29, 0.717) is 24.9 Å². The van der Waals surface area contributed by atoms with Crippen LogP contribution in [0.4, 0.5) is 4.39 Å². The third-order valence-electron chi connectivity index (χ3n) is 5.61. The number of likely N-dealkylation sites (tertiary alicyclic amines) is 1. The molecule has 3 atom stereocenters. The van der Waals surface area contributed by atoms with Gasteiger partial charge in [-0.3, -0.25) is 14.7 Å². The lowest BCUT2D eigenvalue weighted by Crippen LogP contribution is -2.41. The van der Waals surface area contributed by atoms with Crippen molar-refractivity contribution in [3.63, 3.8) is 0 Å². The first-order valence-corrected chi connectivity index (χ1v) is 8.65. The molecule has 1 aliphatic heterocycles. The predicted octanol–water partition coefficient (Wildman–Crippen LogP) is 3.59. The average Bonchev–Trinajstić information content (AvgIpc) is 2.94. The molecule has 4 nitrogen and oxygen atoms in total. The van der Waals surface area contributed by atoms with Gasteiger partial charge in [0.15, 0.2) is 0 Å². The lowest BCUT2D eigenvalue weighted by Gasteiger charge is -2.33. The van der Waals surface area contributed by atoms with Crippen LogP contribution in [0, 0.1) is 11.7 Å². The van der Waals surface area contributed by atoms with Gasteiger partial charge in [0.05, 0.1) is 5.52 Å². The number of pyridine rings is 1. The largest absolute Gasteiger partial charge is 0.480 e. The van der Waals surface area contributed by atoms with Gasteiger partial charge in [-0.2, -0.15) is 0 Å². The molecule has 5 heteroatoms. The predicted molar refractivity (Wildman–Crippen MR) is 89.0 cm³/mol. The molecule has 0 bridgehead atoms. The van der Waals surface area contributed by atoms with E-state index in [-0.39, 0.29) is 5.82 Å². The van der Waals surface area contributed by atoms with Crippen molar-refractivity contribution in [3.8, 4) is 0 Å². The molecule has 126 valence electrons. The van der Waals surface area contributed by atoms with Gasteiger partial charge in [-0.1, -0.05) is 18.9 Å². The minimum atomic E-state index is -0.766. The molecule has 2 aromatic rings. The first-order valence-electron chi connectivity index (χ1n) is 8.65. The summed E-state index contributed by atoms with van der Waals surface area (Å²) < 4.78 is 14.0. The number of halogens is 1. The van der Waals surface area contributed by atoms with Crippen molar-refractivity contribution in [2.45, 2.75) is 50.7 Å². The number of hydrogen-bond donors (Lipinski definition) is 1. The van der Waals surface area contributed by atoms with Crippen molar-refractivity contribution >= 4 is 16.9 Å². The Kier molecular flexibility index (Phi) is 3.96. The fourth-order valence-corrected chi connectivity index (χ4v) is 4.57. The normalized spacial score (nSPS) is 27.3. The summed E-state index contributed by atoms with van der Waals surface area (Å²) in [7, 11) is 0. The Labute approximate surface area is 140 Å². The molecule has 2 aliphatic rings. The van der Waals surface area contributed by atoms with Crippen LogP contribution in [-0.2, 0) is 11.3 Å². The Balaban J connectivity index is 1.71. The number of fused-ring (bicyclic) bond motifs is 2. The van der Waals surface area contributed by atoms with E-state index in [2.05, 4.69) is 9.88 Å². The molecule has 2 heterocycles. The van der Waals surface area contributed by atoms with Gasteiger partial charge in [-0.25, -0.2) is 4.39 Å². The smallest absolute Gasteiger partial charge is 0.320 e. The van der Waals surface area contributed by atoms with E-state index < -0.39 is 12.0 Å². The van der Waals surface area contributed by atoms with Crippen LogP contribution >= 0.6 is 0 Å². The molecule has 1 saturated carbocycles. The fourth-order valence-electron chi connectivity index (χ4n) is 4.57. The third-order valence-corrected chi connectivity index (χ3v) is 5.61. The van der Waals surface area contributed by atoms with Gasteiger partial charge in [-0.15, -0.1) is 0 Å². The SMILES string of the molecule is O=C(O)[C@@H]1C[C@@H]2CCCC[C@@H]2N1Cc1cc(F)cc2cccnc12. The summed E-state index contributed by atoms with van der Waals surface area (Å²) in [5.41, 5.74) is 1.55. The van der Waals surface area contributed by atoms with Gasteiger partial charge in [0.25, 0.3) is 0 Å². The van der Waals surface area contributed by atoms with Crippen LogP contribution in [0.15, 0.2) is 30.5 Å². The molecule has 1 saturated heterocycles. The van der Waals surface area contributed by atoms with Crippen LogP contribution in [0.2, 0.25) is 0 Å². The monoisotopic (exact) mass is 328 g/mol. The van der Waals surface area contributed by atoms with Crippen LogP contribution in [-0.4, -0.2) is 33.0 Å². The number of carboxylic acid groups (broad SMARTS) is 1. The van der Waals surface area contributed by atoms with Crippen molar-refractivity contribution in [1.29, 1.82) is 0 Å². The fraction of sp³-hybridized carbons (Fsp3) is 0.474. The molecule has 1 aliphatic carbocycles. The molecule has 0 radical (unpaired) electrons. The van der Waals surface area contributed by atoms with Gasteiger partial charge in [-0.05, 0) is 48.9 Å². The quantitative estimate of drug-likeness (QED) is 0.935. The highest BCUT2D eigenvalue weighted by Crippen LogP contribution is 2.41. The first-order chi connectivity index (χ1) is 11.6. The van der Waals surface area contributed by atoms with E-state index in [9.17, 15) is 14.3 Å². The Morgan fingerprint density at radius 1 is 1.33 bits per heavy atom. The van der Waals surface area contributed by atoms with Crippen LogP contribution in [0.25, 0.3) is 10.9 Å². The maximum absolute atomic E-state index is 14.0. The summed E-state index contributed by atoms with van der Waals surface area (Å²) in [4.78, 5) is 18.2. The maximum Gasteiger partial charge on any atom is 0.320 e. The Bertz CT molecular complexity index is 779. The van der Waals surface area contributed by atoms with E-state index in [4.69, 9.17) is 0 Å². The summed E-state index contributed by atoms with van der Waals surface area (Å²) in [5.74, 6) is -0.609. The van der Waals surface area contributed by atoms with E-state index in [1.165, 1.54) is 18.6 Å². The molecule has 1 N–H and O–H groups in total. The van der Waals surface area contributed by atoms with Gasteiger partial charge in [0, 0.05) is 24.2 Å². The summed E-state index contributed by atoms with van der Waals surface area (Å²) in [5, 5.41) is 10.4. The van der Waals surface area contributed by atoms with Crippen molar-refractivity contribution < 1.29 is 14.3 Å². The molecule has 1 aromatic heterocycles. The molecule has 0 spiro atoms. The number of aliphatic carboxylic acids is 1. The molecule has 4 rings (SSSR count). The number of nitrogens with zero attached hydrogens (tertiary/aromatic N) is 2. The van der Waals surface area contributed by atoms with E-state index >= 15 is 0 Å². The van der Waals surface area contributed by atoms with E-state index in [0.717, 1.165) is 35.7 Å². The number of rotatable bonds is 3. The van der Waals surface area contributed by atoms with Crippen molar-refractivity contribution in [1.82, 2.24) is 9.88 Å². The molecule has 2 fully saturated rings. The first kappa shape index (κ1) is 15.5. The zero-order valence-corrected chi connectivity index (χ0v) is 13.5. The van der Waals surface area contributed by atoms with Crippen LogP contribution in [0.5, 0.6) is 0 Å². The van der Waals surface area contributed by atoms with Gasteiger partial charge < -0.3 is 5.11 Å². The lowest BCUT2D eigenvalue weighted by molar-refractivity contribution is -0.142. The molecular weight excluding hydrogens is 307 g/mol. The lowest BCUT2D eigenvalue weighted by atomic mass is 9.84. The average molecular weight is 328 g/mol. The minimum absolute atomic E-state index is 0.293. The van der Waals surface area contributed by atoms with E-state index in [1.807, 2.05) is 6.07 Å². The number of aromatic nitrogens is 1. The second-order valence-electron chi connectivity index (χ2n) is 7.01. The Morgan fingerprint density at radius 3 is 3.00 bits per heavy atom. The zero-order chi connectivity index (χ0) is 16.7. The zero-order valence-electron chi connectivity index (χ0n) is 13.5. The van der Waals surface area contributed by atoms with Gasteiger partial charge in [0.1, 0.15) is 11.9 Å². The van der Waals surface area contributed by atoms with Crippen molar-refractivity contribution in [2.24, 2.45) is 5.92 Å². The maximum atomic E-state index is 14.0. The topological polar surface area (TPSA) is 53.4 Å². The van der Waals surface area contributed by atoms with Crippen LogP contribution < -0.4 is 0 Å². The highest BCUT2D eigenvalue weighted by molar-refractivity contribution is 5.82. The minimum Gasteiger partial charge on any atom is -0.480 e. The van der Waals surface area contributed by atoms with Crippen molar-refractivity contribution in [2.75, 3.05) is 0 Å². The highest BCUT2D eigenvalue weighted by Gasteiger charge is 2.45. The van der Waals surface area contributed by atoms with Gasteiger partial charge >= 0.3 is 5.97 Å². The summed E-state index contributed by atoms with van der Waals surface area (Å²) in [6.07, 6.45) is 6.88. The molecule has 0 amide bonds. The molecule has 0 unspecified atom stereocenters. The number of hydrogen-bond acceptors (Lipinski definition) is 3. The second-order valence-corrected chi connectivity index (χ2v) is 7.01. The Hall–Kier alpha value is -2.01. The summed E-state index contributed by atoms with van der Waals surface area (Å²) in [6, 6.07) is 6.44. The number of carbonyl (C=O) groups is 1. The molecule has 24 heavy (non-hydrogen) atoms. The standard InChI is InChI=1S/C19H21FN2O2/c20-15-8-13-5-3-7-21-18(13)14(9-15)11-22-16-6-2-1-4-12(16)10-17(22)19(23)24/h3,5,7-9,12,16-17H,1-2,4,6,10-11H2,(H,23,24)/t12-,16-,17-/m0/s1. The van der Waals surface area contributed by atoms with Crippen molar-refractivity contribution in [3.05, 3.63) is 41.8 Å². The molecular formula is C19H21FN2O2. The number of benzene rings is 1. The summed E-state index contributed by atoms with van der Waals surface area (Å²) in [6.45, 7) is 0.448. The third kappa shape index (κ3) is 2.67. The molecule has 1 aromatic carbocycles. The highest BCUT2D eigenvalue weighted by atomic mass is 19.1. The van der Waals surface area contributed by atoms with Gasteiger partial charge in [0.2, 0.25) is 0 Å². The Morgan fingerprint density at radius 2 is 2.17 bits per heavy atom. The number of carboxylic acids is 1. The van der Waals surface area contributed by atoms with Crippen LogP contribution in [0.1, 0.15) is 37.7 Å². The van der Waals surface area contributed by atoms with Crippen LogP contribution in [0.3, 0.4) is 0 Å². The van der Waals surface area contributed by atoms with E-state index in [1.54, 1.807) is 12.3 Å². The second kappa shape index (κ2) is 6.13.